The molecule has 4 saturated carbocycles. The lowest BCUT2D eigenvalue weighted by atomic mass is 9.34. The first-order valence-electron chi connectivity index (χ1n) is 16.5. The minimum absolute atomic E-state index is 0.100. The van der Waals surface area contributed by atoms with Crippen molar-refractivity contribution >= 4 is 11.9 Å². The minimum Gasteiger partial charge on any atom is -0.508 e. The Kier molecular flexibility index (Phi) is 6.83. The van der Waals surface area contributed by atoms with Crippen molar-refractivity contribution in [2.45, 2.75) is 118 Å². The van der Waals surface area contributed by atoms with Gasteiger partial charge in [0.05, 0.1) is 17.1 Å². The molecule has 0 heterocycles. The normalized spacial score (nSPS) is 44.5. The van der Waals surface area contributed by atoms with Crippen molar-refractivity contribution in [3.8, 4) is 5.75 Å². The van der Waals surface area contributed by atoms with E-state index in [0.717, 1.165) is 44.9 Å². The van der Waals surface area contributed by atoms with E-state index in [9.17, 15) is 24.9 Å². The Balaban J connectivity index is 1.33. The molecular weight excluding hydrogens is 540 g/mol. The summed E-state index contributed by atoms with van der Waals surface area (Å²) >= 11 is 0. The van der Waals surface area contributed by atoms with Crippen LogP contribution in [0.4, 0.5) is 0 Å². The summed E-state index contributed by atoms with van der Waals surface area (Å²) in [6.07, 6.45) is 8.79. The van der Waals surface area contributed by atoms with Gasteiger partial charge in [-0.15, -0.1) is 0 Å². The number of esters is 1. The molecule has 236 valence electrons. The first-order chi connectivity index (χ1) is 19.9. The minimum atomic E-state index is -0.682. The fourth-order valence-electron chi connectivity index (χ4n) is 11.8. The number of carboxylic acid groups (broad SMARTS) is 1. The second kappa shape index (κ2) is 9.58. The Morgan fingerprint density at radius 3 is 2.07 bits per heavy atom. The maximum absolute atomic E-state index is 13.1. The lowest BCUT2D eigenvalue weighted by Gasteiger charge is -2.70. The molecule has 0 aliphatic heterocycles. The number of aliphatic hydroxyl groups excluding tert-OH is 1. The SMILES string of the molecule is CC1(C)CC[C@]2(C(=O)O)CC=C3[C@]4(C)CCC5C(C)(C)[C@@H](OC(=O)c6ccc(O)cc6)C[C@@H](O)[C@]5(C)[C@H]4CC[C@@]3(C)C2C1. The zero-order valence-electron chi connectivity index (χ0n) is 27.2. The molecule has 43 heavy (non-hydrogen) atoms. The predicted octanol–water partition coefficient (Wildman–Crippen LogP) is 7.77. The molecule has 5 aliphatic carbocycles. The number of phenols is 1. The van der Waals surface area contributed by atoms with E-state index in [4.69, 9.17) is 4.74 Å². The van der Waals surface area contributed by atoms with Crippen LogP contribution in [0.15, 0.2) is 35.9 Å². The zero-order valence-corrected chi connectivity index (χ0v) is 27.2. The van der Waals surface area contributed by atoms with Crippen LogP contribution in [0.25, 0.3) is 0 Å². The van der Waals surface area contributed by atoms with Gasteiger partial charge in [-0.3, -0.25) is 4.79 Å². The van der Waals surface area contributed by atoms with Gasteiger partial charge in [0.2, 0.25) is 0 Å². The number of fused-ring (bicyclic) bond motifs is 7. The highest BCUT2D eigenvalue weighted by molar-refractivity contribution is 5.89. The molecule has 0 radical (unpaired) electrons. The van der Waals surface area contributed by atoms with E-state index in [2.05, 4.69) is 54.5 Å². The third-order valence-corrected chi connectivity index (χ3v) is 14.2. The first kappa shape index (κ1) is 30.7. The standard InChI is InChI=1S/C37H52O6/c1-32(2)18-19-37(31(41)42)17-14-25-34(5)15-12-24-33(3,4)29(43-30(40)22-8-10-23(38)11-9-22)20-28(39)36(24,7)26(34)13-16-35(25,6)27(37)21-32/h8-11,14,24,26-29,38-39H,12-13,15-21H2,1-7H3,(H,41,42)/t24?,26-,27?,28+,29-,34-,35+,36-,37+/m0/s1. The first-order valence-corrected chi connectivity index (χ1v) is 16.5. The van der Waals surface area contributed by atoms with Crippen molar-refractivity contribution in [2.75, 3.05) is 0 Å². The summed E-state index contributed by atoms with van der Waals surface area (Å²) in [5.74, 6) is -0.406. The van der Waals surface area contributed by atoms with Gasteiger partial charge in [0.25, 0.3) is 0 Å². The molecule has 1 aromatic rings. The van der Waals surface area contributed by atoms with Crippen LogP contribution < -0.4 is 0 Å². The number of rotatable bonds is 3. The van der Waals surface area contributed by atoms with E-state index in [1.165, 1.54) is 17.7 Å². The monoisotopic (exact) mass is 592 g/mol. The van der Waals surface area contributed by atoms with E-state index in [1.807, 2.05) is 0 Å². The van der Waals surface area contributed by atoms with Gasteiger partial charge in [-0.2, -0.15) is 0 Å². The smallest absolute Gasteiger partial charge is 0.338 e. The lowest BCUT2D eigenvalue weighted by Crippen LogP contribution is -2.67. The van der Waals surface area contributed by atoms with Gasteiger partial charge in [-0.05, 0) is 110 Å². The fourth-order valence-corrected chi connectivity index (χ4v) is 11.8. The van der Waals surface area contributed by atoms with E-state index in [-0.39, 0.29) is 50.6 Å². The molecule has 3 N–H and O–H groups in total. The maximum Gasteiger partial charge on any atom is 0.338 e. The summed E-state index contributed by atoms with van der Waals surface area (Å²) in [6.45, 7) is 16.1. The Labute approximate surface area is 257 Å². The van der Waals surface area contributed by atoms with Crippen molar-refractivity contribution < 1.29 is 29.6 Å². The number of hydrogen-bond donors (Lipinski definition) is 3. The van der Waals surface area contributed by atoms with Crippen molar-refractivity contribution in [3.63, 3.8) is 0 Å². The summed E-state index contributed by atoms with van der Waals surface area (Å²) in [7, 11) is 0. The molecule has 0 spiro atoms. The van der Waals surface area contributed by atoms with Crippen molar-refractivity contribution in [2.24, 2.45) is 50.2 Å². The molecule has 0 bridgehead atoms. The molecule has 6 nitrogen and oxygen atoms in total. The van der Waals surface area contributed by atoms with E-state index in [0.29, 0.717) is 18.4 Å². The van der Waals surface area contributed by atoms with Crippen LogP contribution in [0.1, 0.15) is 117 Å². The second-order valence-electron chi connectivity index (χ2n) is 17.1. The topological polar surface area (TPSA) is 104 Å². The van der Waals surface area contributed by atoms with Crippen LogP contribution in [0.5, 0.6) is 5.75 Å². The third-order valence-electron chi connectivity index (χ3n) is 14.2. The molecule has 0 amide bonds. The average Bonchev–Trinajstić information content (AvgIpc) is 2.91. The number of hydrogen-bond acceptors (Lipinski definition) is 5. The van der Waals surface area contributed by atoms with E-state index >= 15 is 0 Å². The molecule has 0 aromatic heterocycles. The van der Waals surface area contributed by atoms with Gasteiger partial charge >= 0.3 is 11.9 Å². The van der Waals surface area contributed by atoms with Crippen LogP contribution in [0.3, 0.4) is 0 Å². The van der Waals surface area contributed by atoms with E-state index < -0.39 is 29.6 Å². The number of benzene rings is 1. The number of carbonyl (C=O) groups is 2. The molecule has 6 heteroatoms. The van der Waals surface area contributed by atoms with Gasteiger partial charge in [0, 0.05) is 17.3 Å². The number of allylic oxidation sites excluding steroid dienone is 2. The van der Waals surface area contributed by atoms with Crippen LogP contribution in [0.2, 0.25) is 0 Å². The van der Waals surface area contributed by atoms with Crippen LogP contribution in [-0.4, -0.2) is 39.5 Å². The summed E-state index contributed by atoms with van der Waals surface area (Å²) in [6, 6.07) is 6.12. The quantitative estimate of drug-likeness (QED) is 0.245. The highest BCUT2D eigenvalue weighted by atomic mass is 16.5. The summed E-state index contributed by atoms with van der Waals surface area (Å²) in [5, 5.41) is 32.3. The van der Waals surface area contributed by atoms with Crippen LogP contribution >= 0.6 is 0 Å². The Morgan fingerprint density at radius 1 is 0.837 bits per heavy atom. The number of aromatic hydroxyl groups is 1. The van der Waals surface area contributed by atoms with Crippen molar-refractivity contribution in [1.82, 2.24) is 0 Å². The van der Waals surface area contributed by atoms with Crippen molar-refractivity contribution in [3.05, 3.63) is 41.5 Å². The molecule has 4 fully saturated rings. The largest absolute Gasteiger partial charge is 0.508 e. The highest BCUT2D eigenvalue weighted by Crippen LogP contribution is 2.75. The second-order valence-corrected chi connectivity index (χ2v) is 17.1. The molecule has 0 saturated heterocycles. The number of ether oxygens (including phenoxy) is 1. The molecule has 5 aliphatic rings. The zero-order chi connectivity index (χ0) is 31.4. The maximum atomic E-state index is 13.1. The predicted molar refractivity (Wildman–Crippen MR) is 165 cm³/mol. The Bertz CT molecular complexity index is 1340. The fraction of sp³-hybridized carbons (Fsp3) is 0.730. The lowest BCUT2D eigenvalue weighted by molar-refractivity contribution is -0.230. The molecule has 9 atom stereocenters. The Morgan fingerprint density at radius 2 is 1.44 bits per heavy atom. The molecule has 1 aromatic carbocycles. The van der Waals surface area contributed by atoms with Gasteiger partial charge in [-0.25, -0.2) is 4.79 Å². The van der Waals surface area contributed by atoms with Gasteiger partial charge < -0.3 is 20.1 Å². The molecular formula is C37H52O6. The van der Waals surface area contributed by atoms with Crippen molar-refractivity contribution in [1.29, 1.82) is 0 Å². The summed E-state index contributed by atoms with van der Waals surface area (Å²) in [4.78, 5) is 26.1. The number of aliphatic hydroxyl groups is 1. The van der Waals surface area contributed by atoms with Crippen LogP contribution in [-0.2, 0) is 9.53 Å². The van der Waals surface area contributed by atoms with Gasteiger partial charge in [0.15, 0.2) is 0 Å². The number of carbonyl (C=O) groups excluding carboxylic acids is 1. The number of carboxylic acids is 1. The number of phenolic OH excluding ortho intramolecular Hbond substituents is 1. The average molecular weight is 593 g/mol. The molecule has 6 rings (SSSR count). The molecule has 2 unspecified atom stereocenters. The van der Waals surface area contributed by atoms with Crippen LogP contribution in [0, 0.1) is 50.2 Å². The third kappa shape index (κ3) is 4.20. The summed E-state index contributed by atoms with van der Waals surface area (Å²) in [5.41, 5.74) is 0.333. The highest BCUT2D eigenvalue weighted by Gasteiger charge is 2.70. The van der Waals surface area contributed by atoms with Gasteiger partial charge in [0.1, 0.15) is 11.9 Å². The Hall–Kier alpha value is -2.34. The number of aliphatic carboxylic acids is 1. The van der Waals surface area contributed by atoms with Gasteiger partial charge in [-0.1, -0.05) is 60.1 Å². The van der Waals surface area contributed by atoms with E-state index in [1.54, 1.807) is 12.1 Å². The summed E-state index contributed by atoms with van der Waals surface area (Å²) < 4.78 is 6.12.